The van der Waals surface area contributed by atoms with Gasteiger partial charge in [0.15, 0.2) is 11.9 Å². The van der Waals surface area contributed by atoms with Crippen molar-refractivity contribution in [3.05, 3.63) is 59.7 Å². The highest BCUT2D eigenvalue weighted by atomic mass is 16.4. The highest BCUT2D eigenvalue weighted by Gasteiger charge is 2.43. The Morgan fingerprint density at radius 2 is 0.971 bits per heavy atom. The molecule has 2 aliphatic rings. The zero-order valence-corrected chi connectivity index (χ0v) is 59.3. The van der Waals surface area contributed by atoms with Crippen LogP contribution < -0.4 is 60.6 Å². The third kappa shape index (κ3) is 30.4. The molecular weight excluding hydrogens is 1360 g/mol. The van der Waals surface area contributed by atoms with Gasteiger partial charge in [-0.2, -0.15) is 0 Å². The van der Waals surface area contributed by atoms with E-state index in [-0.39, 0.29) is 140 Å². The number of phenolic OH excluding ortho intramolecular Hbond substituents is 1. The van der Waals surface area contributed by atoms with Gasteiger partial charge in [0.1, 0.15) is 54.1 Å². The van der Waals surface area contributed by atoms with Crippen molar-refractivity contribution in [1.82, 2.24) is 56.4 Å². The number of carbonyl (C=O) groups excluding carboxylic acids is 8. The SMILES string of the molecule is CC[C@H](C)[C@H](NC(=O)[C@H](Cc1ccc(O)cc1)NC(=O)[C@@H]1CCCN1C(=O)[C@H](CCCN=C(N)N)NC(=O)[C@H](Cc1ccc(N=C(N)N)cc1)NC(=O)[C@@H]1CCCN1C(=O)[C@@H](CCCCN)NC(=O)CN(CCN(CCN(CC(=O)O)CC(=O)O)CC(=O)O)CC(=O)O)C(=O)N[C@@H](CC(C)C)C(=O)O. The Morgan fingerprint density at radius 1 is 0.529 bits per heavy atom. The Balaban J connectivity index is 1.66. The Morgan fingerprint density at radius 3 is 1.42 bits per heavy atom. The van der Waals surface area contributed by atoms with Crippen LogP contribution >= 0.6 is 0 Å². The first-order chi connectivity index (χ1) is 49.2. The van der Waals surface area contributed by atoms with Gasteiger partial charge in [-0.15, -0.1) is 0 Å². The van der Waals surface area contributed by atoms with Gasteiger partial charge in [0.05, 0.1) is 38.4 Å². The maximum Gasteiger partial charge on any atom is 0.326 e. The summed E-state index contributed by atoms with van der Waals surface area (Å²) in [5.74, 6) is -14.2. The van der Waals surface area contributed by atoms with E-state index >= 15 is 9.59 Å². The summed E-state index contributed by atoms with van der Waals surface area (Å²) in [7, 11) is 0. The number of aliphatic imine (C=N–C) groups is 2. The second-order valence-corrected chi connectivity index (χ2v) is 26.4. The molecule has 0 spiro atoms. The number of benzene rings is 2. The smallest absolute Gasteiger partial charge is 0.326 e. The number of aliphatic carboxylic acids is 5. The number of phenols is 1. The molecule has 8 amide bonds. The van der Waals surface area contributed by atoms with Crippen molar-refractivity contribution in [1.29, 1.82) is 0 Å². The van der Waals surface area contributed by atoms with Crippen LogP contribution in [0.2, 0.25) is 0 Å². The molecule has 0 aliphatic carbocycles. The highest BCUT2D eigenvalue weighted by Crippen LogP contribution is 2.24. The van der Waals surface area contributed by atoms with E-state index in [0.717, 1.165) is 4.90 Å². The first-order valence-electron chi connectivity index (χ1n) is 34.6. The van der Waals surface area contributed by atoms with Gasteiger partial charge in [-0.25, -0.2) is 9.79 Å². The van der Waals surface area contributed by atoms with Crippen LogP contribution in [0.25, 0.3) is 0 Å². The number of amides is 8. The molecule has 0 bridgehead atoms. The number of rotatable bonds is 47. The van der Waals surface area contributed by atoms with E-state index in [1.807, 2.05) is 0 Å². The Labute approximate surface area is 602 Å². The number of likely N-dealkylation sites (tertiary alicyclic amines) is 2. The summed E-state index contributed by atoms with van der Waals surface area (Å²) >= 11 is 0. The first-order valence-corrected chi connectivity index (χ1v) is 34.6. The van der Waals surface area contributed by atoms with Crippen LogP contribution in [0.4, 0.5) is 5.69 Å². The predicted octanol–water partition coefficient (Wildman–Crippen LogP) is -3.42. The second kappa shape index (κ2) is 43.6. The summed E-state index contributed by atoms with van der Waals surface area (Å²) in [5, 5.41) is 74.5. The summed E-state index contributed by atoms with van der Waals surface area (Å²) in [5.41, 5.74) is 29.6. The lowest BCUT2D eigenvalue weighted by Crippen LogP contribution is -2.61. The number of nitrogens with zero attached hydrogens (tertiary/aromatic N) is 7. The fraction of sp³-hybridized carbons (Fsp3) is 0.597. The molecule has 37 nitrogen and oxygen atoms in total. The standard InChI is InChI=1S/C67H104N18O19/c1-5-40(4)57(62(100)79-49(65(103)104)31-39(2)3)80-59(97)48(33-42-17-21-44(86)22-18-42)78-61(99)51-14-10-26-85(51)64(102)46(12-8-24-73-66(69)70)76-58(96)47(32-41-15-19-43(20-16-41)74-67(71)72)77-60(98)50-13-9-25-84(50)63(101)45(11-6-7-23-68)75-52(87)34-82(36-54(90)91)29-27-81(35-53(88)89)28-30-83(37-55(92)93)38-56(94)95/h15-22,39-40,45-51,57,86H,5-14,23-38,68H2,1-4H3,(H,75,87)(H,76,96)(H,77,98)(H,78,99)(H,79,100)(H,80,97)(H,88,89)(H,90,91)(H,92,93)(H,94,95)(H,103,104)(H4,69,70,73)(H4,71,72,74)/t40-,45+,46-,47-,48-,49-,50-,51-,57-/m0/s1. The molecule has 0 aromatic heterocycles. The lowest BCUT2D eigenvalue weighted by atomic mass is 9.96. The van der Waals surface area contributed by atoms with E-state index in [1.54, 1.807) is 52.0 Å². The van der Waals surface area contributed by atoms with Gasteiger partial charge in [0.25, 0.3) is 0 Å². The van der Waals surface area contributed by atoms with E-state index in [1.165, 1.54) is 43.9 Å². The maximum atomic E-state index is 15.2. The van der Waals surface area contributed by atoms with Gasteiger partial charge >= 0.3 is 29.8 Å². The van der Waals surface area contributed by atoms with Crippen molar-refractivity contribution in [2.45, 2.75) is 160 Å². The number of hydrogen-bond donors (Lipinski definition) is 17. The number of nitrogens with one attached hydrogen (secondary N) is 6. The van der Waals surface area contributed by atoms with Crippen LogP contribution in [0.15, 0.2) is 58.5 Å². The molecule has 4 rings (SSSR count). The number of carboxylic acid groups (broad SMARTS) is 5. The Kier molecular flexibility index (Phi) is 36.1. The van der Waals surface area contributed by atoms with E-state index in [4.69, 9.17) is 28.7 Å². The molecule has 104 heavy (non-hydrogen) atoms. The number of guanidine groups is 2. The third-order valence-corrected chi connectivity index (χ3v) is 17.5. The molecule has 2 aromatic rings. The Hall–Kier alpha value is -10.3. The van der Waals surface area contributed by atoms with Crippen LogP contribution in [0.5, 0.6) is 5.75 Å². The monoisotopic (exact) mass is 1460 g/mol. The van der Waals surface area contributed by atoms with Crippen molar-refractivity contribution >= 4 is 94.7 Å². The zero-order chi connectivity index (χ0) is 77.3. The summed E-state index contributed by atoms with van der Waals surface area (Å²) in [4.78, 5) is 190. The van der Waals surface area contributed by atoms with Crippen LogP contribution in [0.3, 0.4) is 0 Å². The molecule has 22 N–H and O–H groups in total. The van der Waals surface area contributed by atoms with Gasteiger partial charge in [0, 0.05) is 58.7 Å². The number of aromatic hydroxyl groups is 1. The average Bonchev–Trinajstić information content (AvgIpc) is 1.64. The maximum absolute atomic E-state index is 15.2. The molecule has 37 heteroatoms. The highest BCUT2D eigenvalue weighted by molar-refractivity contribution is 5.99. The molecule has 0 unspecified atom stereocenters. The second-order valence-electron chi connectivity index (χ2n) is 26.4. The van der Waals surface area contributed by atoms with Crippen molar-refractivity contribution in [3.63, 3.8) is 0 Å². The number of carbonyl (C=O) groups is 13. The molecule has 2 fully saturated rings. The molecule has 0 radical (unpaired) electrons. The largest absolute Gasteiger partial charge is 0.508 e. The van der Waals surface area contributed by atoms with Crippen LogP contribution in [-0.4, -0.2) is 278 Å². The first kappa shape index (κ1) is 86.1. The zero-order valence-electron chi connectivity index (χ0n) is 59.3. The van der Waals surface area contributed by atoms with Crippen molar-refractivity contribution in [3.8, 4) is 5.75 Å². The van der Waals surface area contributed by atoms with Crippen molar-refractivity contribution < 1.29 is 93.0 Å². The molecular formula is C67H104N18O19. The minimum absolute atomic E-state index is 0.00443. The van der Waals surface area contributed by atoms with Gasteiger partial charge < -0.3 is 101 Å². The molecule has 2 aliphatic heterocycles. The van der Waals surface area contributed by atoms with Crippen molar-refractivity contribution in [2.75, 3.05) is 85.1 Å². The van der Waals surface area contributed by atoms with Crippen LogP contribution in [0.1, 0.15) is 109 Å². The van der Waals surface area contributed by atoms with Gasteiger partial charge in [-0.1, -0.05) is 58.4 Å². The Bertz CT molecular complexity index is 3300. The lowest BCUT2D eigenvalue weighted by Gasteiger charge is -2.32. The number of carboxylic acids is 5. The topological polar surface area (TPSA) is 586 Å². The quantitative estimate of drug-likeness (QED) is 0.0174. The van der Waals surface area contributed by atoms with E-state index in [0.29, 0.717) is 36.1 Å². The van der Waals surface area contributed by atoms with E-state index in [2.05, 4.69) is 41.9 Å². The van der Waals surface area contributed by atoms with Gasteiger partial charge in [-0.3, -0.25) is 77.2 Å². The molecule has 2 aromatic carbocycles. The molecule has 9 atom stereocenters. The molecule has 576 valence electrons. The minimum atomic E-state index is -1.51. The summed E-state index contributed by atoms with van der Waals surface area (Å²) in [6, 6.07) is 1.36. The summed E-state index contributed by atoms with van der Waals surface area (Å²) in [6.07, 6.45) is 1.45. The summed E-state index contributed by atoms with van der Waals surface area (Å²) < 4.78 is 0. The number of unbranched alkanes of at least 4 members (excludes halogenated alkanes) is 1. The molecule has 0 saturated carbocycles. The fourth-order valence-electron chi connectivity index (χ4n) is 12.1. The number of nitrogens with two attached hydrogens (primary N) is 5. The summed E-state index contributed by atoms with van der Waals surface area (Å²) in [6.45, 7) is 3.15. The van der Waals surface area contributed by atoms with Gasteiger partial charge in [-0.05, 0) is 118 Å². The molecule has 2 saturated heterocycles. The van der Waals surface area contributed by atoms with E-state index in [9.17, 15) is 83.4 Å². The molecule has 2 heterocycles. The third-order valence-electron chi connectivity index (χ3n) is 17.5. The van der Waals surface area contributed by atoms with E-state index < -0.39 is 164 Å². The van der Waals surface area contributed by atoms with Crippen LogP contribution in [0, 0.1) is 11.8 Å². The van der Waals surface area contributed by atoms with Gasteiger partial charge in [0.2, 0.25) is 47.3 Å². The normalized spacial score (nSPS) is 16.2. The lowest BCUT2D eigenvalue weighted by molar-refractivity contribution is -0.144. The van der Waals surface area contributed by atoms with Crippen LogP contribution in [-0.2, 0) is 75.2 Å². The minimum Gasteiger partial charge on any atom is -0.508 e. The van der Waals surface area contributed by atoms with Crippen molar-refractivity contribution in [2.24, 2.45) is 50.5 Å². The predicted molar refractivity (Wildman–Crippen MR) is 378 cm³/mol. The fourth-order valence-corrected chi connectivity index (χ4v) is 12.1. The number of hydrogen-bond acceptors (Lipinski definition) is 20. The average molecular weight is 1470 g/mol.